The van der Waals surface area contributed by atoms with Gasteiger partial charge in [-0.05, 0) is 36.2 Å². The maximum absolute atomic E-state index is 11.2. The zero-order valence-corrected chi connectivity index (χ0v) is 13.3. The van der Waals surface area contributed by atoms with Gasteiger partial charge >= 0.3 is 0 Å². The molecule has 0 aliphatic carbocycles. The summed E-state index contributed by atoms with van der Waals surface area (Å²) in [6.45, 7) is 4.25. The predicted octanol–water partition coefficient (Wildman–Crippen LogP) is 4.42. The van der Waals surface area contributed by atoms with Crippen LogP contribution in [0.25, 0.3) is 10.9 Å². The molecule has 0 bridgehead atoms. The molecule has 3 aromatic rings. The number of aromatic hydroxyl groups is 1. The Hall–Kier alpha value is -2.82. The second kappa shape index (κ2) is 5.76. The van der Waals surface area contributed by atoms with Crippen molar-refractivity contribution in [1.82, 2.24) is 4.57 Å². The monoisotopic (exact) mass is 310 g/mol. The number of ether oxygens (including phenoxy) is 1. The van der Waals surface area contributed by atoms with Gasteiger partial charge in [0.05, 0.1) is 19.2 Å². The summed E-state index contributed by atoms with van der Waals surface area (Å²) in [4.78, 5) is 11.2. The number of aryl methyl sites for hydroxylation is 2. The summed E-state index contributed by atoms with van der Waals surface area (Å²) in [5.74, 6) is 0.623. The zero-order chi connectivity index (χ0) is 16.6. The molecule has 23 heavy (non-hydrogen) atoms. The van der Waals surface area contributed by atoms with Crippen LogP contribution in [-0.4, -0.2) is 16.8 Å². The maximum atomic E-state index is 11.2. The lowest BCUT2D eigenvalue weighted by Crippen LogP contribution is -2.02. The first-order valence-corrected chi connectivity index (χ1v) is 7.35. The molecule has 0 aliphatic heterocycles. The normalized spacial score (nSPS) is 10.9. The van der Waals surface area contributed by atoms with E-state index in [0.717, 1.165) is 28.0 Å². The summed E-state index contributed by atoms with van der Waals surface area (Å²) in [7, 11) is 1.61. The molecule has 2 aromatic carbocycles. The number of rotatable bonds is 4. The number of benzene rings is 2. The lowest BCUT2D eigenvalue weighted by Gasteiger charge is -2.12. The highest BCUT2D eigenvalue weighted by Gasteiger charge is 2.21. The molecule has 0 unspecified atom stereocenters. The molecule has 1 N–H and O–H groups in total. The lowest BCUT2D eigenvalue weighted by molar-refractivity contribution is 0.403. The average molecular weight is 310 g/mol. The minimum Gasteiger partial charge on any atom is -0.496 e. The Morgan fingerprint density at radius 2 is 1.83 bits per heavy atom. The van der Waals surface area contributed by atoms with Crippen molar-refractivity contribution >= 4 is 16.6 Å². The molecule has 0 atom stereocenters. The molecule has 5 heteroatoms. The average Bonchev–Trinajstić information content (AvgIpc) is 2.85. The Kier molecular flexibility index (Phi) is 3.78. The van der Waals surface area contributed by atoms with Gasteiger partial charge in [-0.1, -0.05) is 30.3 Å². The number of hydrogen-bond acceptors (Lipinski definition) is 4. The van der Waals surface area contributed by atoms with Crippen LogP contribution in [0.3, 0.4) is 0 Å². The summed E-state index contributed by atoms with van der Waals surface area (Å²) < 4.78 is 7.09. The zero-order valence-electron chi connectivity index (χ0n) is 13.3. The van der Waals surface area contributed by atoms with Crippen molar-refractivity contribution < 1.29 is 9.84 Å². The highest BCUT2D eigenvalue weighted by Crippen LogP contribution is 2.42. The summed E-state index contributed by atoms with van der Waals surface area (Å²) >= 11 is 0. The van der Waals surface area contributed by atoms with Gasteiger partial charge in [-0.25, -0.2) is 0 Å². The van der Waals surface area contributed by atoms with Crippen molar-refractivity contribution in [2.24, 2.45) is 5.18 Å². The van der Waals surface area contributed by atoms with E-state index in [1.807, 2.05) is 50.2 Å². The molecule has 0 radical (unpaired) electrons. The van der Waals surface area contributed by atoms with Crippen LogP contribution in [0, 0.1) is 18.8 Å². The van der Waals surface area contributed by atoms with Crippen molar-refractivity contribution in [3.05, 3.63) is 58.0 Å². The molecule has 118 valence electrons. The van der Waals surface area contributed by atoms with E-state index in [4.69, 9.17) is 4.74 Å². The Labute approximate surface area is 134 Å². The predicted molar refractivity (Wildman–Crippen MR) is 90.6 cm³/mol. The molecular formula is C18H18N2O3. The minimum absolute atomic E-state index is 0.0936. The smallest absolute Gasteiger partial charge is 0.222 e. The fourth-order valence-electron chi connectivity index (χ4n) is 3.03. The molecule has 1 heterocycles. The van der Waals surface area contributed by atoms with E-state index in [0.29, 0.717) is 11.9 Å². The van der Waals surface area contributed by atoms with Gasteiger partial charge in [0.25, 0.3) is 0 Å². The molecule has 0 spiro atoms. The van der Waals surface area contributed by atoms with E-state index < -0.39 is 0 Å². The molecule has 5 nitrogen and oxygen atoms in total. The summed E-state index contributed by atoms with van der Waals surface area (Å²) in [5, 5.41) is 14.3. The first-order chi connectivity index (χ1) is 11.1. The number of aromatic nitrogens is 1. The van der Waals surface area contributed by atoms with E-state index in [1.54, 1.807) is 11.7 Å². The van der Waals surface area contributed by atoms with Crippen LogP contribution in [0.4, 0.5) is 5.69 Å². The van der Waals surface area contributed by atoms with Gasteiger partial charge in [0, 0.05) is 10.9 Å². The van der Waals surface area contributed by atoms with E-state index >= 15 is 0 Å². The summed E-state index contributed by atoms with van der Waals surface area (Å²) in [6, 6.07) is 11.5. The van der Waals surface area contributed by atoms with E-state index in [-0.39, 0.29) is 11.6 Å². The third kappa shape index (κ3) is 2.34. The van der Waals surface area contributed by atoms with Crippen LogP contribution in [0.5, 0.6) is 11.6 Å². The van der Waals surface area contributed by atoms with Gasteiger partial charge in [-0.15, -0.1) is 4.91 Å². The molecular weight excluding hydrogens is 292 g/mol. The Balaban J connectivity index is 2.28. The van der Waals surface area contributed by atoms with Gasteiger partial charge in [0.15, 0.2) is 5.69 Å². The van der Waals surface area contributed by atoms with Crippen LogP contribution in [0.1, 0.15) is 16.7 Å². The van der Waals surface area contributed by atoms with Crippen LogP contribution in [-0.2, 0) is 6.54 Å². The number of hydrogen-bond donors (Lipinski definition) is 1. The summed E-state index contributed by atoms with van der Waals surface area (Å²) in [5.41, 5.74) is 3.72. The number of fused-ring (bicyclic) bond motifs is 1. The maximum Gasteiger partial charge on any atom is 0.222 e. The van der Waals surface area contributed by atoms with Crippen LogP contribution < -0.4 is 4.74 Å². The molecule has 0 amide bonds. The first kappa shape index (κ1) is 15.1. The lowest BCUT2D eigenvalue weighted by atomic mass is 10.1. The van der Waals surface area contributed by atoms with Gasteiger partial charge in [-0.3, -0.25) is 0 Å². The molecule has 0 saturated carbocycles. The Morgan fingerprint density at radius 3 is 2.52 bits per heavy atom. The standard InChI is InChI=1S/C18H18N2O3/c1-11-8-9-12(2)17-15(11)16(19-22)18(21)20(17)10-13-6-4-5-7-14(13)23-3/h4-9,21H,10H2,1-3H3. The molecule has 0 fully saturated rings. The third-order valence-corrected chi connectivity index (χ3v) is 4.17. The highest BCUT2D eigenvalue weighted by molar-refractivity contribution is 5.99. The van der Waals surface area contributed by atoms with Crippen molar-refractivity contribution in [3.63, 3.8) is 0 Å². The topological polar surface area (TPSA) is 63.8 Å². The second-order valence-corrected chi connectivity index (χ2v) is 5.58. The van der Waals surface area contributed by atoms with Crippen molar-refractivity contribution in [2.45, 2.75) is 20.4 Å². The third-order valence-electron chi connectivity index (χ3n) is 4.17. The second-order valence-electron chi connectivity index (χ2n) is 5.58. The number of nitroso groups, excluding NO2 is 1. The van der Waals surface area contributed by atoms with E-state index in [2.05, 4.69) is 5.18 Å². The van der Waals surface area contributed by atoms with Gasteiger partial charge in [0.1, 0.15) is 5.75 Å². The molecule has 0 aliphatic rings. The number of methoxy groups -OCH3 is 1. The van der Waals surface area contributed by atoms with Crippen LogP contribution >= 0.6 is 0 Å². The molecule has 3 rings (SSSR count). The molecule has 1 aromatic heterocycles. The fourth-order valence-corrected chi connectivity index (χ4v) is 3.03. The van der Waals surface area contributed by atoms with Gasteiger partial charge < -0.3 is 14.4 Å². The van der Waals surface area contributed by atoms with Crippen LogP contribution in [0.15, 0.2) is 41.6 Å². The quantitative estimate of drug-likeness (QED) is 0.726. The Bertz CT molecular complexity index is 897. The molecule has 0 saturated heterocycles. The van der Waals surface area contributed by atoms with E-state index in [9.17, 15) is 10.0 Å². The van der Waals surface area contributed by atoms with Crippen molar-refractivity contribution in [3.8, 4) is 11.6 Å². The van der Waals surface area contributed by atoms with Crippen molar-refractivity contribution in [1.29, 1.82) is 0 Å². The number of nitrogens with zero attached hydrogens (tertiary/aromatic N) is 2. The number of para-hydroxylation sites is 1. The SMILES string of the molecule is COc1ccccc1Cn1c(O)c(N=O)c2c(C)ccc(C)c21. The van der Waals surface area contributed by atoms with Crippen molar-refractivity contribution in [2.75, 3.05) is 7.11 Å². The van der Waals surface area contributed by atoms with Crippen LogP contribution in [0.2, 0.25) is 0 Å². The fraction of sp³-hybridized carbons (Fsp3) is 0.222. The minimum atomic E-state index is -0.113. The Morgan fingerprint density at radius 1 is 1.13 bits per heavy atom. The van der Waals surface area contributed by atoms with Gasteiger partial charge in [0.2, 0.25) is 5.88 Å². The highest BCUT2D eigenvalue weighted by atomic mass is 16.5. The van der Waals surface area contributed by atoms with Gasteiger partial charge in [-0.2, -0.15) is 0 Å². The first-order valence-electron chi connectivity index (χ1n) is 7.35. The van der Waals surface area contributed by atoms with E-state index in [1.165, 1.54) is 0 Å². The summed E-state index contributed by atoms with van der Waals surface area (Å²) in [6.07, 6.45) is 0. The largest absolute Gasteiger partial charge is 0.496 e.